The van der Waals surface area contributed by atoms with Gasteiger partial charge in [0.05, 0.1) is 0 Å². The van der Waals surface area contributed by atoms with Gasteiger partial charge in [-0.1, -0.05) is 13.3 Å². The van der Waals surface area contributed by atoms with Crippen molar-refractivity contribution in [3.63, 3.8) is 0 Å². The summed E-state index contributed by atoms with van der Waals surface area (Å²) in [6, 6.07) is 0. The number of nitrogens with zero attached hydrogens (tertiary/aromatic N) is 1. The summed E-state index contributed by atoms with van der Waals surface area (Å²) in [5, 5.41) is 3.55. The lowest BCUT2D eigenvalue weighted by Gasteiger charge is -2.32. The summed E-state index contributed by atoms with van der Waals surface area (Å²) in [4.78, 5) is 2.68. The molecule has 2 saturated heterocycles. The zero-order valence-electron chi connectivity index (χ0n) is 9.52. The molecule has 0 bridgehead atoms. The molecule has 0 saturated carbocycles. The van der Waals surface area contributed by atoms with Crippen molar-refractivity contribution < 1.29 is 0 Å². The van der Waals surface area contributed by atoms with Gasteiger partial charge >= 0.3 is 0 Å². The van der Waals surface area contributed by atoms with Gasteiger partial charge in [-0.25, -0.2) is 0 Å². The molecule has 2 heteroatoms. The summed E-state index contributed by atoms with van der Waals surface area (Å²) < 4.78 is 0. The van der Waals surface area contributed by atoms with Gasteiger partial charge in [0.2, 0.25) is 0 Å². The molecule has 0 amide bonds. The Labute approximate surface area is 88.1 Å². The van der Waals surface area contributed by atoms with Gasteiger partial charge in [0.15, 0.2) is 0 Å². The second-order valence-corrected chi connectivity index (χ2v) is 5.16. The third-order valence-corrected chi connectivity index (χ3v) is 3.87. The van der Waals surface area contributed by atoms with Crippen LogP contribution in [0.15, 0.2) is 0 Å². The van der Waals surface area contributed by atoms with Crippen LogP contribution in [-0.4, -0.2) is 37.6 Å². The van der Waals surface area contributed by atoms with Crippen molar-refractivity contribution in [2.75, 3.05) is 32.7 Å². The lowest BCUT2D eigenvalue weighted by Crippen LogP contribution is -2.37. The van der Waals surface area contributed by atoms with E-state index in [1.807, 2.05) is 0 Å². The maximum atomic E-state index is 3.55. The zero-order valence-corrected chi connectivity index (χ0v) is 9.52. The minimum absolute atomic E-state index is 0.624. The maximum Gasteiger partial charge on any atom is 0.00506 e. The molecular weight excluding hydrogens is 172 g/mol. The minimum Gasteiger partial charge on any atom is -0.316 e. The first-order chi connectivity index (χ1) is 6.85. The summed E-state index contributed by atoms with van der Waals surface area (Å²) in [5.41, 5.74) is 0.624. The van der Waals surface area contributed by atoms with Crippen LogP contribution in [0.4, 0.5) is 0 Å². The number of likely N-dealkylation sites (tertiary alicyclic amines) is 1. The Morgan fingerprint density at radius 3 is 2.64 bits per heavy atom. The normalized spacial score (nSPS) is 34.1. The maximum absolute atomic E-state index is 3.55. The fourth-order valence-corrected chi connectivity index (χ4v) is 3.17. The van der Waals surface area contributed by atoms with Crippen molar-refractivity contribution >= 4 is 0 Å². The molecule has 0 aromatic heterocycles. The van der Waals surface area contributed by atoms with Crippen molar-refractivity contribution in [2.24, 2.45) is 5.41 Å². The quantitative estimate of drug-likeness (QED) is 0.738. The Morgan fingerprint density at radius 1 is 1.29 bits per heavy atom. The molecule has 0 spiro atoms. The van der Waals surface area contributed by atoms with Gasteiger partial charge in [0.1, 0.15) is 0 Å². The molecule has 14 heavy (non-hydrogen) atoms. The average molecular weight is 196 g/mol. The molecule has 0 aromatic carbocycles. The molecule has 2 aliphatic heterocycles. The Morgan fingerprint density at radius 2 is 2.07 bits per heavy atom. The van der Waals surface area contributed by atoms with Crippen molar-refractivity contribution in [2.45, 2.75) is 39.0 Å². The molecule has 0 aromatic rings. The van der Waals surface area contributed by atoms with Gasteiger partial charge in [-0.2, -0.15) is 0 Å². The summed E-state index contributed by atoms with van der Waals surface area (Å²) in [7, 11) is 0. The Kier molecular flexibility index (Phi) is 3.45. The summed E-state index contributed by atoms with van der Waals surface area (Å²) in [6.07, 6.45) is 7.01. The largest absolute Gasteiger partial charge is 0.316 e. The Hall–Kier alpha value is -0.0800. The molecule has 0 radical (unpaired) electrons. The van der Waals surface area contributed by atoms with Crippen LogP contribution in [0.5, 0.6) is 0 Å². The molecule has 2 rings (SSSR count). The third-order valence-electron chi connectivity index (χ3n) is 3.87. The highest BCUT2D eigenvalue weighted by Gasteiger charge is 2.34. The van der Waals surface area contributed by atoms with E-state index in [2.05, 4.69) is 17.1 Å². The minimum atomic E-state index is 0.624. The van der Waals surface area contributed by atoms with Gasteiger partial charge in [-0.05, 0) is 50.7 Å². The number of hydrogen-bond acceptors (Lipinski definition) is 2. The van der Waals surface area contributed by atoms with Crippen LogP contribution < -0.4 is 5.32 Å². The molecule has 1 N–H and O–H groups in total. The third kappa shape index (κ3) is 2.29. The van der Waals surface area contributed by atoms with E-state index in [9.17, 15) is 0 Å². The number of rotatable bonds is 4. The Bertz CT molecular complexity index is 167. The van der Waals surface area contributed by atoms with Crippen LogP contribution in [0.25, 0.3) is 0 Å². The summed E-state index contributed by atoms with van der Waals surface area (Å²) in [6.45, 7) is 8.89. The molecule has 2 aliphatic rings. The van der Waals surface area contributed by atoms with Gasteiger partial charge in [-0.15, -0.1) is 0 Å². The van der Waals surface area contributed by atoms with Gasteiger partial charge in [0, 0.05) is 13.1 Å². The molecule has 1 atom stereocenters. The van der Waals surface area contributed by atoms with Crippen molar-refractivity contribution in [1.82, 2.24) is 10.2 Å². The lowest BCUT2D eigenvalue weighted by molar-refractivity contribution is 0.177. The molecule has 2 heterocycles. The fourth-order valence-electron chi connectivity index (χ4n) is 3.17. The summed E-state index contributed by atoms with van der Waals surface area (Å²) >= 11 is 0. The van der Waals surface area contributed by atoms with Crippen LogP contribution >= 0.6 is 0 Å². The predicted molar refractivity (Wildman–Crippen MR) is 60.5 cm³/mol. The molecular formula is C12H24N2. The van der Waals surface area contributed by atoms with E-state index >= 15 is 0 Å². The van der Waals surface area contributed by atoms with Crippen molar-refractivity contribution in [3.05, 3.63) is 0 Å². The number of nitrogens with one attached hydrogen (secondary N) is 1. The molecule has 0 aliphatic carbocycles. The van der Waals surface area contributed by atoms with E-state index in [0.29, 0.717) is 5.41 Å². The molecule has 82 valence electrons. The first-order valence-corrected chi connectivity index (χ1v) is 6.28. The van der Waals surface area contributed by atoms with Crippen molar-refractivity contribution in [1.29, 1.82) is 0 Å². The second kappa shape index (κ2) is 4.63. The van der Waals surface area contributed by atoms with E-state index in [1.165, 1.54) is 64.8 Å². The molecule has 2 nitrogen and oxygen atoms in total. The highest BCUT2D eigenvalue weighted by molar-refractivity contribution is 4.90. The van der Waals surface area contributed by atoms with Gasteiger partial charge in [-0.3, -0.25) is 0 Å². The van der Waals surface area contributed by atoms with Crippen LogP contribution in [-0.2, 0) is 0 Å². The number of hydrogen-bond donors (Lipinski definition) is 1. The van der Waals surface area contributed by atoms with E-state index in [0.717, 1.165) is 0 Å². The predicted octanol–water partition coefficient (Wildman–Crippen LogP) is 1.86. The summed E-state index contributed by atoms with van der Waals surface area (Å²) in [5.74, 6) is 0. The van der Waals surface area contributed by atoms with Crippen LogP contribution in [0.1, 0.15) is 39.0 Å². The highest BCUT2D eigenvalue weighted by Crippen LogP contribution is 2.32. The topological polar surface area (TPSA) is 15.3 Å². The first kappa shape index (κ1) is 10.4. The van der Waals surface area contributed by atoms with Crippen LogP contribution in [0.2, 0.25) is 0 Å². The highest BCUT2D eigenvalue weighted by atomic mass is 15.2. The lowest BCUT2D eigenvalue weighted by atomic mass is 9.82. The smallest absolute Gasteiger partial charge is 0.00506 e. The van der Waals surface area contributed by atoms with E-state index < -0.39 is 0 Å². The van der Waals surface area contributed by atoms with Crippen LogP contribution in [0, 0.1) is 5.41 Å². The van der Waals surface area contributed by atoms with Crippen molar-refractivity contribution in [3.8, 4) is 0 Å². The zero-order chi connectivity index (χ0) is 9.86. The SMILES string of the molecule is CCCC1(CN2CCCC2)CCNC1. The second-order valence-electron chi connectivity index (χ2n) is 5.16. The van der Waals surface area contributed by atoms with Gasteiger partial charge in [0.25, 0.3) is 0 Å². The monoisotopic (exact) mass is 196 g/mol. The van der Waals surface area contributed by atoms with Crippen LogP contribution in [0.3, 0.4) is 0 Å². The standard InChI is InChI=1S/C12H24N2/c1-2-5-12(6-7-13-10-12)11-14-8-3-4-9-14/h13H,2-11H2,1H3. The first-order valence-electron chi connectivity index (χ1n) is 6.28. The van der Waals surface area contributed by atoms with E-state index in [1.54, 1.807) is 0 Å². The molecule has 1 unspecified atom stereocenters. The Balaban J connectivity index is 1.89. The van der Waals surface area contributed by atoms with E-state index in [-0.39, 0.29) is 0 Å². The fraction of sp³-hybridized carbons (Fsp3) is 1.00. The average Bonchev–Trinajstić information content (AvgIpc) is 2.78. The van der Waals surface area contributed by atoms with Gasteiger partial charge < -0.3 is 10.2 Å². The molecule has 2 fully saturated rings. The van der Waals surface area contributed by atoms with E-state index in [4.69, 9.17) is 0 Å².